The average molecular weight is 147 g/mol. The molecule has 5 heteroatoms. The molecule has 0 spiro atoms. The van der Waals surface area contributed by atoms with Gasteiger partial charge in [0.2, 0.25) is 0 Å². The summed E-state index contributed by atoms with van der Waals surface area (Å²) in [6.07, 6.45) is 0. The van der Waals surface area contributed by atoms with Gasteiger partial charge in [0, 0.05) is 0 Å². The molecule has 1 radical (unpaired) electrons. The molecule has 0 amide bonds. The summed E-state index contributed by atoms with van der Waals surface area (Å²) in [4.78, 5) is 19.9. The van der Waals surface area contributed by atoms with Crippen LogP contribution in [0.2, 0.25) is 13.1 Å². The van der Waals surface area contributed by atoms with Crippen LogP contribution in [-0.2, 0) is 14.0 Å². The zero-order valence-corrected chi connectivity index (χ0v) is 6.17. The molecule has 51 valence electrons. The zero-order valence-electron chi connectivity index (χ0n) is 5.17. The van der Waals surface area contributed by atoms with Gasteiger partial charge in [-0.2, -0.15) is 0 Å². The lowest BCUT2D eigenvalue weighted by Crippen LogP contribution is -2.22. The summed E-state index contributed by atoms with van der Waals surface area (Å²) in [7, 11) is -1.21. The molecule has 0 heterocycles. The van der Waals surface area contributed by atoms with Crippen molar-refractivity contribution in [3.63, 3.8) is 0 Å². The highest BCUT2D eigenvalue weighted by molar-refractivity contribution is 6.53. The number of rotatable bonds is 1. The van der Waals surface area contributed by atoms with Crippen LogP contribution in [0.3, 0.4) is 0 Å². The fourth-order valence-electron chi connectivity index (χ4n) is 0.229. The van der Waals surface area contributed by atoms with Crippen molar-refractivity contribution < 1.29 is 19.1 Å². The molecule has 0 aromatic carbocycles. The van der Waals surface area contributed by atoms with E-state index in [4.69, 9.17) is 5.11 Å². The molecule has 0 aromatic heterocycles. The molecule has 0 bridgehead atoms. The predicted molar refractivity (Wildman–Crippen MR) is 31.2 cm³/mol. The third-order valence-corrected chi connectivity index (χ3v) is 1.07. The first-order valence-electron chi connectivity index (χ1n) is 2.29. The molecule has 0 rings (SSSR count). The quantitative estimate of drug-likeness (QED) is 0.414. The van der Waals surface area contributed by atoms with Gasteiger partial charge in [0.05, 0.1) is 0 Å². The minimum absolute atomic E-state index is 1.16. The molecule has 9 heavy (non-hydrogen) atoms. The number of aliphatic carboxylic acids is 1. The van der Waals surface area contributed by atoms with E-state index in [1.54, 1.807) is 13.1 Å². The van der Waals surface area contributed by atoms with Gasteiger partial charge in [0.15, 0.2) is 0 Å². The number of hydrogen-bond donors (Lipinski definition) is 1. The summed E-state index contributed by atoms with van der Waals surface area (Å²) in [6, 6.07) is 0. The molecule has 0 aromatic rings. The van der Waals surface area contributed by atoms with E-state index in [-0.39, 0.29) is 0 Å². The number of carboxylic acid groups (broad SMARTS) is 1. The second kappa shape index (κ2) is 3.24. The summed E-state index contributed by atoms with van der Waals surface area (Å²) in [5.41, 5.74) is 0. The third-order valence-electron chi connectivity index (χ3n) is 0.471. The fourth-order valence-corrected chi connectivity index (χ4v) is 0.687. The van der Waals surface area contributed by atoms with E-state index in [1.165, 1.54) is 0 Å². The van der Waals surface area contributed by atoms with Gasteiger partial charge in [-0.15, -0.1) is 0 Å². The van der Waals surface area contributed by atoms with E-state index in [0.29, 0.717) is 0 Å². The van der Waals surface area contributed by atoms with Gasteiger partial charge in [-0.3, -0.25) is 0 Å². The fraction of sp³-hybridized carbons (Fsp3) is 0.500. The monoisotopic (exact) mass is 147 g/mol. The SMILES string of the molecule is C[Si](C)OC(=O)C(=O)O. The van der Waals surface area contributed by atoms with Crippen molar-refractivity contribution in [2.45, 2.75) is 13.1 Å². The van der Waals surface area contributed by atoms with Crippen molar-refractivity contribution in [1.29, 1.82) is 0 Å². The summed E-state index contributed by atoms with van der Waals surface area (Å²) < 4.78 is 4.38. The minimum Gasteiger partial charge on any atom is -0.510 e. The largest absolute Gasteiger partial charge is 0.510 e. The van der Waals surface area contributed by atoms with Gasteiger partial charge in [-0.05, 0) is 13.1 Å². The van der Waals surface area contributed by atoms with Gasteiger partial charge in [0.25, 0.3) is 9.04 Å². The Morgan fingerprint density at radius 2 is 1.89 bits per heavy atom. The first-order valence-corrected chi connectivity index (χ1v) is 4.70. The summed E-state index contributed by atoms with van der Waals surface area (Å²) in [5, 5.41) is 7.97. The topological polar surface area (TPSA) is 63.6 Å². The molecule has 0 aliphatic heterocycles. The Labute approximate surface area is 54.2 Å². The highest BCUT2D eigenvalue weighted by Gasteiger charge is 2.14. The number of carbonyl (C=O) groups is 2. The van der Waals surface area contributed by atoms with Gasteiger partial charge in [-0.1, -0.05) is 0 Å². The molecule has 4 nitrogen and oxygen atoms in total. The number of carboxylic acids is 1. The Morgan fingerprint density at radius 1 is 1.44 bits per heavy atom. The highest BCUT2D eigenvalue weighted by atomic mass is 28.3. The molecule has 0 saturated heterocycles. The van der Waals surface area contributed by atoms with Crippen LogP contribution in [0.15, 0.2) is 0 Å². The first-order chi connectivity index (χ1) is 4.04. The smallest absolute Gasteiger partial charge is 0.413 e. The lowest BCUT2D eigenvalue weighted by molar-refractivity contribution is -0.158. The maximum absolute atomic E-state index is 10.2. The first kappa shape index (κ1) is 8.16. The minimum atomic E-state index is -1.53. The second-order valence-corrected chi connectivity index (χ2v) is 3.62. The average Bonchev–Trinajstić information content (AvgIpc) is 1.63. The lowest BCUT2D eigenvalue weighted by Gasteiger charge is -2.00. The molecule has 1 N–H and O–H groups in total. The zero-order chi connectivity index (χ0) is 7.44. The van der Waals surface area contributed by atoms with Crippen LogP contribution in [0.1, 0.15) is 0 Å². The van der Waals surface area contributed by atoms with Crippen LogP contribution in [0.4, 0.5) is 0 Å². The summed E-state index contributed by atoms with van der Waals surface area (Å²) >= 11 is 0. The van der Waals surface area contributed by atoms with Gasteiger partial charge >= 0.3 is 11.9 Å². The Balaban J connectivity index is 3.65. The van der Waals surface area contributed by atoms with Crippen molar-refractivity contribution >= 4 is 21.0 Å². The van der Waals surface area contributed by atoms with E-state index in [9.17, 15) is 9.59 Å². The maximum Gasteiger partial charge on any atom is 0.413 e. The van der Waals surface area contributed by atoms with E-state index in [1.807, 2.05) is 0 Å². The van der Waals surface area contributed by atoms with Gasteiger partial charge in [-0.25, -0.2) is 9.59 Å². The van der Waals surface area contributed by atoms with Crippen LogP contribution in [0, 0.1) is 0 Å². The number of carbonyl (C=O) groups excluding carboxylic acids is 1. The summed E-state index contributed by atoms with van der Waals surface area (Å²) in [5.74, 6) is -2.69. The van der Waals surface area contributed by atoms with E-state index in [0.717, 1.165) is 0 Å². The van der Waals surface area contributed by atoms with Crippen LogP contribution in [0.25, 0.3) is 0 Å². The van der Waals surface area contributed by atoms with Crippen molar-refractivity contribution in [1.82, 2.24) is 0 Å². The summed E-state index contributed by atoms with van der Waals surface area (Å²) in [6.45, 7) is 3.37. The van der Waals surface area contributed by atoms with Crippen LogP contribution in [0.5, 0.6) is 0 Å². The van der Waals surface area contributed by atoms with Gasteiger partial charge in [0.1, 0.15) is 0 Å². The Bertz CT molecular complexity index is 131. The van der Waals surface area contributed by atoms with E-state index < -0.39 is 21.0 Å². The molecular formula is C4H7O4Si. The standard InChI is InChI=1S/C4H7O4Si/c1-9(2)8-4(7)3(5)6/h1-2H3,(H,5,6). The third kappa shape index (κ3) is 3.72. The van der Waals surface area contributed by atoms with Crippen LogP contribution < -0.4 is 0 Å². The molecule has 0 saturated carbocycles. The second-order valence-electron chi connectivity index (χ2n) is 1.60. The number of hydrogen-bond acceptors (Lipinski definition) is 3. The Kier molecular flexibility index (Phi) is 2.93. The molecular weight excluding hydrogens is 140 g/mol. The Hall–Kier alpha value is -0.843. The molecule has 0 atom stereocenters. The van der Waals surface area contributed by atoms with Crippen LogP contribution in [-0.4, -0.2) is 26.1 Å². The molecule has 0 aliphatic rings. The molecule has 0 aliphatic carbocycles. The normalized spacial score (nSPS) is 9.22. The predicted octanol–water partition coefficient (Wildman–Crippen LogP) is -0.135. The van der Waals surface area contributed by atoms with Crippen molar-refractivity contribution in [3.05, 3.63) is 0 Å². The Morgan fingerprint density at radius 3 is 2.00 bits per heavy atom. The van der Waals surface area contributed by atoms with Crippen molar-refractivity contribution in [2.24, 2.45) is 0 Å². The van der Waals surface area contributed by atoms with Crippen molar-refractivity contribution in [2.75, 3.05) is 0 Å². The highest BCUT2D eigenvalue weighted by Crippen LogP contribution is 1.84. The molecule has 0 fully saturated rings. The van der Waals surface area contributed by atoms with Crippen LogP contribution >= 0.6 is 0 Å². The van der Waals surface area contributed by atoms with Gasteiger partial charge < -0.3 is 9.53 Å². The molecule has 0 unspecified atom stereocenters. The van der Waals surface area contributed by atoms with E-state index >= 15 is 0 Å². The maximum atomic E-state index is 10.2. The van der Waals surface area contributed by atoms with Crippen molar-refractivity contribution in [3.8, 4) is 0 Å². The lowest BCUT2D eigenvalue weighted by atomic mass is 10.7. The van der Waals surface area contributed by atoms with E-state index in [2.05, 4.69) is 4.43 Å².